The maximum absolute atomic E-state index is 12.1. The third-order valence-corrected chi connectivity index (χ3v) is 4.63. The predicted octanol–water partition coefficient (Wildman–Crippen LogP) is 2.49. The molecule has 2 heterocycles. The lowest BCUT2D eigenvalue weighted by molar-refractivity contribution is 0.340. The van der Waals surface area contributed by atoms with Crippen molar-refractivity contribution < 1.29 is 4.52 Å². The average Bonchev–Trinajstić information content (AvgIpc) is 3.28. The van der Waals surface area contributed by atoms with Gasteiger partial charge in [-0.1, -0.05) is 48.3 Å². The molecule has 2 N–H and O–H groups in total. The molecule has 0 spiro atoms. The number of aromatic nitrogens is 4. The average molecular weight is 374 g/mol. The van der Waals surface area contributed by atoms with Crippen molar-refractivity contribution >= 4 is 12.4 Å². The van der Waals surface area contributed by atoms with E-state index in [9.17, 15) is 4.79 Å². The monoisotopic (exact) mass is 373 g/mol. The summed E-state index contributed by atoms with van der Waals surface area (Å²) < 4.78 is 6.64. The van der Waals surface area contributed by atoms with Gasteiger partial charge in [-0.05, 0) is 18.9 Å². The van der Waals surface area contributed by atoms with Crippen LogP contribution in [0.3, 0.4) is 0 Å². The molecule has 1 aromatic carbocycles. The van der Waals surface area contributed by atoms with Gasteiger partial charge in [0.15, 0.2) is 5.82 Å². The normalized spacial score (nSPS) is 15.6. The van der Waals surface area contributed by atoms with Gasteiger partial charge in [-0.25, -0.2) is 4.68 Å². The van der Waals surface area contributed by atoms with Crippen LogP contribution < -0.4 is 11.3 Å². The van der Waals surface area contributed by atoms with E-state index in [1.165, 1.54) is 10.7 Å². The number of nitrogens with two attached hydrogens (primary N) is 1. The van der Waals surface area contributed by atoms with Crippen molar-refractivity contribution in [2.45, 2.75) is 37.8 Å². The van der Waals surface area contributed by atoms with E-state index in [1.807, 2.05) is 30.3 Å². The molecule has 0 saturated heterocycles. The highest BCUT2D eigenvalue weighted by molar-refractivity contribution is 5.85. The molecule has 0 radical (unpaired) electrons. The quantitative estimate of drug-likeness (QED) is 0.754. The van der Waals surface area contributed by atoms with Gasteiger partial charge in [0, 0.05) is 11.6 Å². The first-order valence-corrected chi connectivity index (χ1v) is 8.40. The summed E-state index contributed by atoms with van der Waals surface area (Å²) in [7, 11) is 0. The van der Waals surface area contributed by atoms with Crippen molar-refractivity contribution in [3.8, 4) is 11.3 Å². The highest BCUT2D eigenvalue weighted by Crippen LogP contribution is 2.34. The molecule has 3 aromatic rings. The summed E-state index contributed by atoms with van der Waals surface area (Å²) in [6, 6.07) is 12.9. The Hall–Kier alpha value is -2.51. The zero-order chi connectivity index (χ0) is 17.3. The van der Waals surface area contributed by atoms with Gasteiger partial charge in [0.05, 0.1) is 11.2 Å². The summed E-state index contributed by atoms with van der Waals surface area (Å²) in [5, 5.41) is 8.43. The Morgan fingerprint density at radius 3 is 2.58 bits per heavy atom. The van der Waals surface area contributed by atoms with Gasteiger partial charge in [0.1, 0.15) is 6.54 Å². The third-order valence-electron chi connectivity index (χ3n) is 4.63. The fraction of sp³-hybridized carbons (Fsp3) is 0.333. The Bertz CT molecular complexity index is 932. The highest BCUT2D eigenvalue weighted by atomic mass is 35.5. The molecular formula is C18H20ClN5O2. The predicted molar refractivity (Wildman–Crippen MR) is 98.9 cm³/mol. The second kappa shape index (κ2) is 7.39. The smallest absolute Gasteiger partial charge is 0.267 e. The number of benzene rings is 1. The molecule has 0 aliphatic heterocycles. The first-order chi connectivity index (χ1) is 12.1. The Balaban J connectivity index is 0.00000196. The van der Waals surface area contributed by atoms with E-state index in [0.29, 0.717) is 17.4 Å². The molecule has 1 fully saturated rings. The fourth-order valence-corrected chi connectivity index (χ4v) is 3.20. The standard InChI is InChI=1S/C18H19N5O2.ClH/c19-18(10-4-5-11-18)17-20-15(25-22-17)12-23-16(24)9-8-14(21-23)13-6-2-1-3-7-13;/h1-3,6-9H,4-5,10-12,19H2;1H. The van der Waals surface area contributed by atoms with Gasteiger partial charge in [0.2, 0.25) is 5.89 Å². The minimum atomic E-state index is -0.508. The Kier molecular flexibility index (Phi) is 5.20. The van der Waals surface area contributed by atoms with Gasteiger partial charge in [-0.3, -0.25) is 4.79 Å². The van der Waals surface area contributed by atoms with Gasteiger partial charge in [-0.2, -0.15) is 10.1 Å². The van der Waals surface area contributed by atoms with Gasteiger partial charge in [-0.15, -0.1) is 12.4 Å². The first-order valence-electron chi connectivity index (χ1n) is 8.40. The maximum atomic E-state index is 12.1. The molecule has 4 rings (SSSR count). The molecule has 1 aliphatic carbocycles. The van der Waals surface area contributed by atoms with Crippen LogP contribution in [0.5, 0.6) is 0 Å². The summed E-state index contributed by atoms with van der Waals surface area (Å²) >= 11 is 0. The SMILES string of the molecule is Cl.NC1(c2noc(Cn3nc(-c4ccccc4)ccc3=O)n2)CCCC1. The van der Waals surface area contributed by atoms with E-state index in [2.05, 4.69) is 15.2 Å². The van der Waals surface area contributed by atoms with Crippen LogP contribution in [0.1, 0.15) is 37.4 Å². The molecule has 0 unspecified atom stereocenters. The van der Waals surface area contributed by atoms with Crippen LogP contribution in [-0.4, -0.2) is 19.9 Å². The second-order valence-corrected chi connectivity index (χ2v) is 6.46. The van der Waals surface area contributed by atoms with Gasteiger partial charge < -0.3 is 10.3 Å². The van der Waals surface area contributed by atoms with Gasteiger partial charge >= 0.3 is 0 Å². The third kappa shape index (κ3) is 3.54. The molecule has 0 amide bonds. The molecule has 0 atom stereocenters. The van der Waals surface area contributed by atoms with Crippen molar-refractivity contribution in [2.75, 3.05) is 0 Å². The molecule has 8 heteroatoms. The molecule has 2 aromatic heterocycles. The summed E-state index contributed by atoms with van der Waals surface area (Å²) in [6.07, 6.45) is 3.85. The van der Waals surface area contributed by atoms with Crippen molar-refractivity contribution in [2.24, 2.45) is 5.73 Å². The fourth-order valence-electron chi connectivity index (χ4n) is 3.20. The topological polar surface area (TPSA) is 99.8 Å². The lowest BCUT2D eigenvalue weighted by Gasteiger charge is -2.17. The molecule has 7 nitrogen and oxygen atoms in total. The van der Waals surface area contributed by atoms with Crippen LogP contribution >= 0.6 is 12.4 Å². The van der Waals surface area contributed by atoms with Crippen molar-refractivity contribution in [1.82, 2.24) is 19.9 Å². The molecule has 136 valence electrons. The zero-order valence-electron chi connectivity index (χ0n) is 14.2. The molecule has 1 aliphatic rings. The molecular weight excluding hydrogens is 354 g/mol. The minimum absolute atomic E-state index is 0. The van der Waals surface area contributed by atoms with E-state index in [1.54, 1.807) is 6.07 Å². The Labute approximate surface area is 156 Å². The van der Waals surface area contributed by atoms with E-state index in [4.69, 9.17) is 10.3 Å². The Morgan fingerprint density at radius 2 is 1.85 bits per heavy atom. The van der Waals surface area contributed by atoms with Crippen LogP contribution in [0.4, 0.5) is 0 Å². The zero-order valence-corrected chi connectivity index (χ0v) is 15.0. The van der Waals surface area contributed by atoms with Crippen LogP contribution in [0, 0.1) is 0 Å². The van der Waals surface area contributed by atoms with Crippen LogP contribution in [-0.2, 0) is 12.1 Å². The number of rotatable bonds is 4. The molecule has 1 saturated carbocycles. The molecule has 0 bridgehead atoms. The van der Waals surface area contributed by atoms with Crippen molar-refractivity contribution in [3.05, 3.63) is 64.5 Å². The van der Waals surface area contributed by atoms with Crippen molar-refractivity contribution in [3.63, 3.8) is 0 Å². The Morgan fingerprint density at radius 1 is 1.12 bits per heavy atom. The van der Waals surface area contributed by atoms with Crippen LogP contribution in [0.2, 0.25) is 0 Å². The van der Waals surface area contributed by atoms with Crippen molar-refractivity contribution in [1.29, 1.82) is 0 Å². The highest BCUT2D eigenvalue weighted by Gasteiger charge is 2.36. The number of nitrogens with zero attached hydrogens (tertiary/aromatic N) is 4. The van der Waals surface area contributed by atoms with E-state index >= 15 is 0 Å². The molecule has 26 heavy (non-hydrogen) atoms. The summed E-state index contributed by atoms with van der Waals surface area (Å²) in [4.78, 5) is 16.5. The lowest BCUT2D eigenvalue weighted by Crippen LogP contribution is -2.34. The second-order valence-electron chi connectivity index (χ2n) is 6.46. The van der Waals surface area contributed by atoms with Crippen LogP contribution in [0.15, 0.2) is 51.8 Å². The van der Waals surface area contributed by atoms with E-state index < -0.39 is 5.54 Å². The maximum Gasteiger partial charge on any atom is 0.267 e. The first kappa shape index (κ1) is 18.3. The summed E-state index contributed by atoms with van der Waals surface area (Å²) in [5.74, 6) is 0.860. The number of halogens is 1. The van der Waals surface area contributed by atoms with Crippen LogP contribution in [0.25, 0.3) is 11.3 Å². The van der Waals surface area contributed by atoms with E-state index in [0.717, 1.165) is 31.2 Å². The summed E-state index contributed by atoms with van der Waals surface area (Å²) in [5.41, 5.74) is 7.27. The van der Waals surface area contributed by atoms with E-state index in [-0.39, 0.29) is 24.5 Å². The number of hydrogen-bond acceptors (Lipinski definition) is 6. The largest absolute Gasteiger partial charge is 0.337 e. The minimum Gasteiger partial charge on any atom is -0.337 e. The summed E-state index contributed by atoms with van der Waals surface area (Å²) in [6.45, 7) is 0.128. The lowest BCUT2D eigenvalue weighted by atomic mass is 9.99. The van der Waals surface area contributed by atoms with Gasteiger partial charge in [0.25, 0.3) is 5.56 Å². The number of hydrogen-bond donors (Lipinski definition) is 1.